The van der Waals surface area contributed by atoms with Crippen LogP contribution in [0.3, 0.4) is 0 Å². The Morgan fingerprint density at radius 3 is 2.78 bits per heavy atom. The molecule has 0 radical (unpaired) electrons. The van der Waals surface area contributed by atoms with Crippen molar-refractivity contribution in [2.45, 2.75) is 37.7 Å². The number of rotatable bonds is 5. The van der Waals surface area contributed by atoms with E-state index in [2.05, 4.69) is 13.0 Å². The van der Waals surface area contributed by atoms with E-state index in [-0.39, 0.29) is 11.5 Å². The first kappa shape index (κ1) is 13.4. The quantitative estimate of drug-likeness (QED) is 0.816. The van der Waals surface area contributed by atoms with Crippen molar-refractivity contribution in [2.24, 2.45) is 0 Å². The van der Waals surface area contributed by atoms with E-state index in [9.17, 15) is 5.11 Å². The van der Waals surface area contributed by atoms with E-state index in [0.29, 0.717) is 13.2 Å². The first-order chi connectivity index (χ1) is 8.65. The van der Waals surface area contributed by atoms with Gasteiger partial charge in [-0.3, -0.25) is 0 Å². The molecule has 100 valence electrons. The van der Waals surface area contributed by atoms with Crippen molar-refractivity contribution in [3.8, 4) is 5.75 Å². The van der Waals surface area contributed by atoms with Gasteiger partial charge >= 0.3 is 0 Å². The highest BCUT2D eigenvalue weighted by molar-refractivity contribution is 5.40. The molecule has 1 aliphatic rings. The molecule has 18 heavy (non-hydrogen) atoms. The molecule has 0 heterocycles. The van der Waals surface area contributed by atoms with Crippen LogP contribution in [0.2, 0.25) is 0 Å². The van der Waals surface area contributed by atoms with Gasteiger partial charge in [-0.15, -0.1) is 0 Å². The minimum absolute atomic E-state index is 0.0308. The molecule has 2 unspecified atom stereocenters. The maximum Gasteiger partial charge on any atom is 0.123 e. The number of para-hydroxylation sites is 1. The number of benzene rings is 1. The van der Waals surface area contributed by atoms with E-state index >= 15 is 0 Å². The zero-order chi connectivity index (χ0) is 13.0. The number of hydrogen-bond acceptors (Lipinski definition) is 3. The van der Waals surface area contributed by atoms with E-state index in [1.807, 2.05) is 18.2 Å². The molecule has 0 aromatic heterocycles. The second-order valence-corrected chi connectivity index (χ2v) is 5.29. The summed E-state index contributed by atoms with van der Waals surface area (Å²) in [4.78, 5) is 0. The summed E-state index contributed by atoms with van der Waals surface area (Å²) in [6.07, 6.45) is 2.53. The van der Waals surface area contributed by atoms with Gasteiger partial charge in [-0.1, -0.05) is 25.1 Å². The fraction of sp³-hybridized carbons (Fsp3) is 0.600. The van der Waals surface area contributed by atoms with E-state index < -0.39 is 0 Å². The Morgan fingerprint density at radius 1 is 1.33 bits per heavy atom. The normalized spacial score (nSPS) is 27.4. The third kappa shape index (κ3) is 2.85. The zero-order valence-corrected chi connectivity index (χ0v) is 11.2. The third-order valence-electron chi connectivity index (χ3n) is 3.80. The van der Waals surface area contributed by atoms with Crippen LogP contribution in [-0.2, 0) is 10.2 Å². The van der Waals surface area contributed by atoms with Crippen molar-refractivity contribution in [1.82, 2.24) is 0 Å². The SMILES string of the molecule is COCCOc1ccccc1C1(C)CCC(O)C1. The molecule has 1 aliphatic carbocycles. The number of aliphatic hydroxyl groups is 1. The minimum atomic E-state index is -0.179. The lowest BCUT2D eigenvalue weighted by Crippen LogP contribution is -2.20. The lowest BCUT2D eigenvalue weighted by Gasteiger charge is -2.26. The number of aliphatic hydroxyl groups excluding tert-OH is 1. The molecule has 2 atom stereocenters. The van der Waals surface area contributed by atoms with Crippen molar-refractivity contribution in [3.05, 3.63) is 29.8 Å². The molecule has 1 N–H and O–H groups in total. The summed E-state index contributed by atoms with van der Waals surface area (Å²) >= 11 is 0. The molecule has 1 aromatic rings. The Bertz CT molecular complexity index is 391. The van der Waals surface area contributed by atoms with Gasteiger partial charge in [0.1, 0.15) is 12.4 Å². The van der Waals surface area contributed by atoms with Gasteiger partial charge in [0, 0.05) is 12.7 Å². The molecule has 0 amide bonds. The van der Waals surface area contributed by atoms with Crippen LogP contribution in [0, 0.1) is 0 Å². The van der Waals surface area contributed by atoms with Crippen molar-refractivity contribution in [1.29, 1.82) is 0 Å². The molecular weight excluding hydrogens is 228 g/mol. The van der Waals surface area contributed by atoms with Gasteiger partial charge in [0.05, 0.1) is 12.7 Å². The van der Waals surface area contributed by atoms with Gasteiger partial charge in [-0.25, -0.2) is 0 Å². The largest absolute Gasteiger partial charge is 0.491 e. The molecule has 2 rings (SSSR count). The average Bonchev–Trinajstić information content (AvgIpc) is 2.71. The molecule has 0 saturated heterocycles. The van der Waals surface area contributed by atoms with E-state index in [1.165, 1.54) is 5.56 Å². The second kappa shape index (κ2) is 5.72. The fourth-order valence-electron chi connectivity index (χ4n) is 2.78. The maximum absolute atomic E-state index is 9.77. The second-order valence-electron chi connectivity index (χ2n) is 5.29. The Morgan fingerprint density at radius 2 is 2.11 bits per heavy atom. The number of hydrogen-bond donors (Lipinski definition) is 1. The number of ether oxygens (including phenoxy) is 2. The van der Waals surface area contributed by atoms with Crippen LogP contribution in [0.1, 0.15) is 31.7 Å². The van der Waals surface area contributed by atoms with E-state index in [4.69, 9.17) is 9.47 Å². The van der Waals surface area contributed by atoms with Crippen molar-refractivity contribution >= 4 is 0 Å². The molecule has 0 bridgehead atoms. The van der Waals surface area contributed by atoms with Crippen LogP contribution in [0.5, 0.6) is 5.75 Å². The monoisotopic (exact) mass is 250 g/mol. The summed E-state index contributed by atoms with van der Waals surface area (Å²) in [6.45, 7) is 3.36. The molecule has 1 fully saturated rings. The lowest BCUT2D eigenvalue weighted by atomic mass is 9.80. The van der Waals surface area contributed by atoms with Crippen molar-refractivity contribution in [2.75, 3.05) is 20.3 Å². The van der Waals surface area contributed by atoms with Crippen LogP contribution in [0.4, 0.5) is 0 Å². The molecular formula is C15H22O3. The molecule has 3 heteroatoms. The molecule has 1 saturated carbocycles. The summed E-state index contributed by atoms with van der Waals surface area (Å²) in [7, 11) is 1.67. The molecule has 3 nitrogen and oxygen atoms in total. The predicted octanol–water partition coefficient (Wildman–Crippen LogP) is 2.51. The molecule has 1 aromatic carbocycles. The molecule has 0 aliphatic heterocycles. The number of methoxy groups -OCH3 is 1. The predicted molar refractivity (Wildman–Crippen MR) is 71.0 cm³/mol. The third-order valence-corrected chi connectivity index (χ3v) is 3.80. The van der Waals surface area contributed by atoms with Crippen LogP contribution >= 0.6 is 0 Å². The Kier molecular flexibility index (Phi) is 4.25. The van der Waals surface area contributed by atoms with Gasteiger partial charge in [0.25, 0.3) is 0 Å². The fourth-order valence-corrected chi connectivity index (χ4v) is 2.78. The summed E-state index contributed by atoms with van der Waals surface area (Å²) in [5, 5.41) is 9.77. The van der Waals surface area contributed by atoms with Gasteiger partial charge in [-0.05, 0) is 30.7 Å². The van der Waals surface area contributed by atoms with Crippen LogP contribution in [0.25, 0.3) is 0 Å². The first-order valence-electron chi connectivity index (χ1n) is 6.55. The minimum Gasteiger partial charge on any atom is -0.491 e. The van der Waals surface area contributed by atoms with Gasteiger partial charge in [0.15, 0.2) is 0 Å². The Hall–Kier alpha value is -1.06. The molecule has 0 spiro atoms. The first-order valence-corrected chi connectivity index (χ1v) is 6.55. The van der Waals surface area contributed by atoms with Crippen LogP contribution in [0.15, 0.2) is 24.3 Å². The lowest BCUT2D eigenvalue weighted by molar-refractivity contribution is 0.144. The zero-order valence-electron chi connectivity index (χ0n) is 11.2. The van der Waals surface area contributed by atoms with Crippen LogP contribution in [-0.4, -0.2) is 31.5 Å². The van der Waals surface area contributed by atoms with Crippen molar-refractivity contribution < 1.29 is 14.6 Å². The van der Waals surface area contributed by atoms with Crippen molar-refractivity contribution in [3.63, 3.8) is 0 Å². The highest BCUT2D eigenvalue weighted by Crippen LogP contribution is 2.44. The average molecular weight is 250 g/mol. The van der Waals surface area contributed by atoms with E-state index in [0.717, 1.165) is 25.0 Å². The summed E-state index contributed by atoms with van der Waals surface area (Å²) in [5.41, 5.74) is 1.24. The van der Waals surface area contributed by atoms with E-state index in [1.54, 1.807) is 7.11 Å². The highest BCUT2D eigenvalue weighted by atomic mass is 16.5. The topological polar surface area (TPSA) is 38.7 Å². The highest BCUT2D eigenvalue weighted by Gasteiger charge is 2.37. The maximum atomic E-state index is 9.77. The smallest absolute Gasteiger partial charge is 0.123 e. The summed E-state index contributed by atoms with van der Waals surface area (Å²) in [5.74, 6) is 0.922. The summed E-state index contributed by atoms with van der Waals surface area (Å²) in [6, 6.07) is 8.13. The standard InChI is InChI=1S/C15H22O3/c1-15(8-7-12(16)11-15)13-5-3-4-6-14(13)18-10-9-17-2/h3-6,12,16H,7-11H2,1-2H3. The van der Waals surface area contributed by atoms with Crippen LogP contribution < -0.4 is 4.74 Å². The Labute approximate surface area is 109 Å². The van der Waals surface area contributed by atoms with Gasteiger partial charge in [0.2, 0.25) is 0 Å². The Balaban J connectivity index is 2.16. The van der Waals surface area contributed by atoms with Gasteiger partial charge in [-0.2, -0.15) is 0 Å². The van der Waals surface area contributed by atoms with Gasteiger partial charge < -0.3 is 14.6 Å². The summed E-state index contributed by atoms with van der Waals surface area (Å²) < 4.78 is 10.8.